The lowest BCUT2D eigenvalue weighted by Gasteiger charge is -2.34. The van der Waals surface area contributed by atoms with Crippen LogP contribution >= 0.6 is 22.9 Å². The molecule has 0 aliphatic carbocycles. The van der Waals surface area contributed by atoms with Gasteiger partial charge in [0.05, 0.1) is 9.72 Å². The molecule has 0 saturated carbocycles. The summed E-state index contributed by atoms with van der Waals surface area (Å²) in [6.07, 6.45) is 0. The molecule has 2 aromatic carbocycles. The summed E-state index contributed by atoms with van der Waals surface area (Å²) in [4.78, 5) is 21.6. The fraction of sp³-hybridized carbons (Fsp3) is 0.333. The number of para-hydroxylation sites is 1. The van der Waals surface area contributed by atoms with Gasteiger partial charge in [0.25, 0.3) is 5.91 Å². The van der Waals surface area contributed by atoms with Crippen molar-refractivity contribution in [3.05, 3.63) is 58.6 Å². The summed E-state index contributed by atoms with van der Waals surface area (Å²) in [5.41, 5.74) is 2.76. The number of anilines is 1. The van der Waals surface area contributed by atoms with Crippen LogP contribution < -0.4 is 10.2 Å². The molecule has 1 fully saturated rings. The van der Waals surface area contributed by atoms with Crippen LogP contribution in [0.3, 0.4) is 0 Å². The topological polar surface area (TPSA) is 48.5 Å². The lowest BCUT2D eigenvalue weighted by Crippen LogP contribution is -2.48. The van der Waals surface area contributed by atoms with E-state index < -0.39 is 0 Å². The molecule has 1 aliphatic rings. The number of amides is 1. The quantitative estimate of drug-likeness (QED) is 0.689. The van der Waals surface area contributed by atoms with Gasteiger partial charge in [-0.05, 0) is 31.2 Å². The molecule has 7 heteroatoms. The molecule has 0 spiro atoms. The number of piperazine rings is 1. The highest BCUT2D eigenvalue weighted by Gasteiger charge is 2.20. The van der Waals surface area contributed by atoms with Crippen molar-refractivity contribution in [3.8, 4) is 0 Å². The Morgan fingerprint density at radius 3 is 2.61 bits per heavy atom. The fourth-order valence-corrected chi connectivity index (χ4v) is 4.65. The number of thiazole rings is 1. The van der Waals surface area contributed by atoms with Crippen LogP contribution in [0.25, 0.3) is 10.2 Å². The largest absolute Gasteiger partial charge is 0.351 e. The summed E-state index contributed by atoms with van der Waals surface area (Å²) in [5.74, 6) is -0.00927. The van der Waals surface area contributed by atoms with Crippen molar-refractivity contribution in [1.29, 1.82) is 0 Å². The minimum atomic E-state index is -0.00927. The molecule has 3 aromatic rings. The van der Waals surface area contributed by atoms with Crippen LogP contribution in [0.15, 0.2) is 42.5 Å². The lowest BCUT2D eigenvalue weighted by molar-refractivity contribution is 0.0948. The molecule has 28 heavy (non-hydrogen) atoms. The molecule has 146 valence electrons. The average molecular weight is 415 g/mol. The molecule has 1 N–H and O–H groups in total. The number of hydrogen-bond acceptors (Lipinski definition) is 5. The van der Waals surface area contributed by atoms with E-state index in [0.717, 1.165) is 53.6 Å². The first-order valence-electron chi connectivity index (χ1n) is 9.47. The number of aromatic nitrogens is 1. The highest BCUT2D eigenvalue weighted by molar-refractivity contribution is 7.22. The maximum absolute atomic E-state index is 12.2. The van der Waals surface area contributed by atoms with Gasteiger partial charge in [0.2, 0.25) is 0 Å². The van der Waals surface area contributed by atoms with Crippen LogP contribution in [0.1, 0.15) is 15.9 Å². The van der Waals surface area contributed by atoms with Crippen molar-refractivity contribution in [3.63, 3.8) is 0 Å². The first-order valence-corrected chi connectivity index (χ1v) is 10.7. The van der Waals surface area contributed by atoms with Gasteiger partial charge in [-0.3, -0.25) is 9.69 Å². The average Bonchev–Trinajstić information content (AvgIpc) is 3.15. The highest BCUT2D eigenvalue weighted by atomic mass is 35.5. The van der Waals surface area contributed by atoms with Gasteiger partial charge in [-0.25, -0.2) is 4.98 Å². The van der Waals surface area contributed by atoms with Crippen molar-refractivity contribution < 1.29 is 4.79 Å². The maximum atomic E-state index is 12.2. The predicted octanol–water partition coefficient (Wildman–Crippen LogP) is 3.81. The Hall–Kier alpha value is -2.15. The van der Waals surface area contributed by atoms with Crippen LogP contribution in [0, 0.1) is 6.92 Å². The molecule has 0 bridgehead atoms. The number of hydrogen-bond donors (Lipinski definition) is 1. The van der Waals surface area contributed by atoms with Gasteiger partial charge in [0.15, 0.2) is 5.13 Å². The van der Waals surface area contributed by atoms with E-state index in [2.05, 4.69) is 21.2 Å². The number of carbonyl (C=O) groups excluding carboxylic acids is 1. The standard InChI is InChI=1S/C21H23ClN4OS/c1-15-5-7-16(8-6-15)20(27)23-9-10-25-11-13-26(14-12-25)21-24-19-17(22)3-2-4-18(19)28-21/h2-8H,9-14H2,1H3,(H,23,27). The SMILES string of the molecule is Cc1ccc(C(=O)NCCN2CCN(c3nc4c(Cl)cccc4s3)CC2)cc1. The first kappa shape index (κ1) is 19.2. The maximum Gasteiger partial charge on any atom is 0.251 e. The smallest absolute Gasteiger partial charge is 0.251 e. The summed E-state index contributed by atoms with van der Waals surface area (Å²) in [6.45, 7) is 7.33. The van der Waals surface area contributed by atoms with Crippen LogP contribution in [0.2, 0.25) is 5.02 Å². The molecule has 0 radical (unpaired) electrons. The number of benzene rings is 2. The molecule has 1 amide bonds. The minimum Gasteiger partial charge on any atom is -0.351 e. The molecular formula is C21H23ClN4OS. The van der Waals surface area contributed by atoms with Gasteiger partial charge in [0.1, 0.15) is 5.52 Å². The van der Waals surface area contributed by atoms with Gasteiger partial charge < -0.3 is 10.2 Å². The van der Waals surface area contributed by atoms with Crippen molar-refractivity contribution in [2.45, 2.75) is 6.92 Å². The molecule has 1 aliphatic heterocycles. The third-order valence-electron chi connectivity index (χ3n) is 5.03. The lowest BCUT2D eigenvalue weighted by atomic mass is 10.1. The molecule has 0 unspecified atom stereocenters. The second-order valence-electron chi connectivity index (χ2n) is 7.03. The Morgan fingerprint density at radius 2 is 1.89 bits per heavy atom. The van der Waals surface area contributed by atoms with Crippen LogP contribution in [-0.4, -0.2) is 55.1 Å². The Balaban J connectivity index is 1.25. The molecule has 0 atom stereocenters. The summed E-state index contributed by atoms with van der Waals surface area (Å²) < 4.78 is 1.13. The van der Waals surface area contributed by atoms with E-state index in [4.69, 9.17) is 16.6 Å². The number of nitrogens with one attached hydrogen (secondary N) is 1. The zero-order chi connectivity index (χ0) is 19.5. The molecule has 4 rings (SSSR count). The summed E-state index contributed by atoms with van der Waals surface area (Å²) in [6, 6.07) is 13.6. The van der Waals surface area contributed by atoms with Gasteiger partial charge in [0, 0.05) is 44.8 Å². The van der Waals surface area contributed by atoms with E-state index in [-0.39, 0.29) is 5.91 Å². The number of rotatable bonds is 5. The Labute approximate surface area is 173 Å². The van der Waals surface area contributed by atoms with E-state index in [1.54, 1.807) is 11.3 Å². The van der Waals surface area contributed by atoms with E-state index in [9.17, 15) is 4.79 Å². The number of carbonyl (C=O) groups is 1. The monoisotopic (exact) mass is 414 g/mol. The van der Waals surface area contributed by atoms with Crippen LogP contribution in [0.4, 0.5) is 5.13 Å². The second kappa shape index (κ2) is 8.47. The van der Waals surface area contributed by atoms with Crippen molar-refractivity contribution in [1.82, 2.24) is 15.2 Å². The Kier molecular flexibility index (Phi) is 5.80. The minimum absolute atomic E-state index is 0.00927. The van der Waals surface area contributed by atoms with E-state index in [1.165, 1.54) is 0 Å². The third-order valence-corrected chi connectivity index (χ3v) is 6.42. The molecule has 5 nitrogen and oxygen atoms in total. The summed E-state index contributed by atoms with van der Waals surface area (Å²) in [5, 5.41) is 4.76. The van der Waals surface area contributed by atoms with Crippen LogP contribution in [0.5, 0.6) is 0 Å². The zero-order valence-corrected chi connectivity index (χ0v) is 17.4. The third kappa shape index (κ3) is 4.29. The van der Waals surface area contributed by atoms with Gasteiger partial charge in [-0.1, -0.05) is 46.7 Å². The Bertz CT molecular complexity index is 964. The van der Waals surface area contributed by atoms with Crippen molar-refractivity contribution >= 4 is 44.2 Å². The fourth-order valence-electron chi connectivity index (χ4n) is 3.34. The highest BCUT2D eigenvalue weighted by Crippen LogP contribution is 2.33. The number of nitrogens with zero attached hydrogens (tertiary/aromatic N) is 3. The predicted molar refractivity (Wildman–Crippen MR) is 117 cm³/mol. The second-order valence-corrected chi connectivity index (χ2v) is 8.45. The molecular weight excluding hydrogens is 392 g/mol. The number of aryl methyl sites for hydroxylation is 1. The van der Waals surface area contributed by atoms with Crippen molar-refractivity contribution in [2.75, 3.05) is 44.2 Å². The molecule has 1 saturated heterocycles. The zero-order valence-electron chi connectivity index (χ0n) is 15.8. The van der Waals surface area contributed by atoms with Gasteiger partial charge in [-0.15, -0.1) is 0 Å². The van der Waals surface area contributed by atoms with Crippen molar-refractivity contribution in [2.24, 2.45) is 0 Å². The number of halogens is 1. The molecule has 1 aromatic heterocycles. The van der Waals surface area contributed by atoms with E-state index in [1.807, 2.05) is 43.3 Å². The molecule has 2 heterocycles. The summed E-state index contributed by atoms with van der Waals surface area (Å²) in [7, 11) is 0. The summed E-state index contributed by atoms with van der Waals surface area (Å²) >= 11 is 7.94. The number of fused-ring (bicyclic) bond motifs is 1. The van der Waals surface area contributed by atoms with E-state index in [0.29, 0.717) is 17.1 Å². The normalized spacial score (nSPS) is 15.1. The Morgan fingerprint density at radius 1 is 1.14 bits per heavy atom. The van der Waals surface area contributed by atoms with Gasteiger partial charge in [-0.2, -0.15) is 0 Å². The van der Waals surface area contributed by atoms with Gasteiger partial charge >= 0.3 is 0 Å². The van der Waals surface area contributed by atoms with E-state index >= 15 is 0 Å². The van der Waals surface area contributed by atoms with Crippen LogP contribution in [-0.2, 0) is 0 Å². The first-order chi connectivity index (χ1) is 13.6.